The Balaban J connectivity index is 2.68. The highest BCUT2D eigenvalue weighted by atomic mass is 16.6. The number of nitrogens with zero attached hydrogens (tertiary/aromatic N) is 2. The van der Waals surface area contributed by atoms with E-state index in [0.717, 1.165) is 5.69 Å². The average Bonchev–Trinajstić information content (AvgIpc) is 2.28. The molecule has 0 unspecified atom stereocenters. The summed E-state index contributed by atoms with van der Waals surface area (Å²) in [4.78, 5) is 11.4. The van der Waals surface area contributed by atoms with E-state index >= 15 is 0 Å². The molecule has 0 saturated heterocycles. The Morgan fingerprint density at radius 1 is 1.27 bits per heavy atom. The highest BCUT2D eigenvalue weighted by molar-refractivity contribution is 5.69. The van der Waals surface area contributed by atoms with Crippen LogP contribution in [-0.4, -0.2) is 31.8 Å². The molecule has 1 amide bonds. The van der Waals surface area contributed by atoms with Gasteiger partial charge in [-0.1, -0.05) is 18.2 Å². The minimum absolute atomic E-state index is 0.358. The molecule has 0 spiro atoms. The average molecular weight is 208 g/mol. The molecular weight excluding hydrogens is 192 g/mol. The first-order valence-corrected chi connectivity index (χ1v) is 4.86. The van der Waals surface area contributed by atoms with Crippen LogP contribution in [0.5, 0.6) is 0 Å². The SMILES string of the molecule is CCOC(=O)N(C)N(C)c1ccccc1. The van der Waals surface area contributed by atoms with Crippen molar-refractivity contribution in [3.8, 4) is 0 Å². The van der Waals surface area contributed by atoms with Gasteiger partial charge in [0.25, 0.3) is 0 Å². The van der Waals surface area contributed by atoms with Crippen molar-refractivity contribution in [3.05, 3.63) is 30.3 Å². The summed E-state index contributed by atoms with van der Waals surface area (Å²) in [6.07, 6.45) is -0.358. The van der Waals surface area contributed by atoms with Crippen LogP contribution < -0.4 is 5.01 Å². The van der Waals surface area contributed by atoms with Gasteiger partial charge in [0.15, 0.2) is 0 Å². The summed E-state index contributed by atoms with van der Waals surface area (Å²) in [6.45, 7) is 2.17. The van der Waals surface area contributed by atoms with Crippen molar-refractivity contribution in [2.24, 2.45) is 0 Å². The lowest BCUT2D eigenvalue weighted by Crippen LogP contribution is -2.41. The van der Waals surface area contributed by atoms with E-state index in [9.17, 15) is 4.79 Å². The maximum Gasteiger partial charge on any atom is 0.428 e. The number of rotatable bonds is 3. The largest absolute Gasteiger partial charge is 0.448 e. The van der Waals surface area contributed by atoms with Crippen LogP contribution in [0.15, 0.2) is 30.3 Å². The Bertz CT molecular complexity index is 314. The monoisotopic (exact) mass is 208 g/mol. The molecule has 1 aromatic rings. The second-order valence-corrected chi connectivity index (χ2v) is 3.08. The van der Waals surface area contributed by atoms with Crippen LogP contribution in [0.1, 0.15) is 6.92 Å². The molecule has 15 heavy (non-hydrogen) atoms. The van der Waals surface area contributed by atoms with Crippen molar-refractivity contribution in [1.82, 2.24) is 5.01 Å². The van der Waals surface area contributed by atoms with Crippen molar-refractivity contribution < 1.29 is 9.53 Å². The Morgan fingerprint density at radius 3 is 2.40 bits per heavy atom. The summed E-state index contributed by atoms with van der Waals surface area (Å²) in [7, 11) is 3.48. The standard InChI is InChI=1S/C11H16N2O2/c1-4-15-11(14)13(3)12(2)10-8-6-5-7-9-10/h5-9H,4H2,1-3H3. The van der Waals surface area contributed by atoms with E-state index in [4.69, 9.17) is 4.74 Å². The Labute approximate surface area is 90.0 Å². The number of carbonyl (C=O) groups excluding carboxylic acids is 1. The normalized spacial score (nSPS) is 9.53. The summed E-state index contributed by atoms with van der Waals surface area (Å²) in [5.41, 5.74) is 0.938. The zero-order chi connectivity index (χ0) is 11.3. The van der Waals surface area contributed by atoms with Crippen LogP contribution >= 0.6 is 0 Å². The zero-order valence-corrected chi connectivity index (χ0v) is 9.30. The molecule has 4 heteroatoms. The van der Waals surface area contributed by atoms with E-state index in [1.807, 2.05) is 37.4 Å². The van der Waals surface area contributed by atoms with Crippen LogP contribution in [0.4, 0.5) is 10.5 Å². The number of hydrazine groups is 1. The van der Waals surface area contributed by atoms with Crippen LogP contribution in [0.25, 0.3) is 0 Å². The molecule has 0 radical (unpaired) electrons. The highest BCUT2D eigenvalue weighted by Crippen LogP contribution is 2.12. The molecule has 0 N–H and O–H groups in total. The first kappa shape index (κ1) is 11.4. The molecule has 1 aromatic carbocycles. The van der Waals surface area contributed by atoms with Crippen LogP contribution in [0, 0.1) is 0 Å². The Kier molecular flexibility index (Phi) is 3.97. The molecule has 0 atom stereocenters. The quantitative estimate of drug-likeness (QED) is 0.713. The van der Waals surface area contributed by atoms with Crippen molar-refractivity contribution in [2.45, 2.75) is 6.92 Å². The minimum atomic E-state index is -0.358. The number of para-hydroxylation sites is 1. The molecule has 0 aliphatic rings. The summed E-state index contributed by atoms with van der Waals surface area (Å²) in [6, 6.07) is 9.63. The van der Waals surface area contributed by atoms with Gasteiger partial charge in [-0.05, 0) is 19.1 Å². The van der Waals surface area contributed by atoms with Gasteiger partial charge in [-0.3, -0.25) is 5.01 Å². The maximum absolute atomic E-state index is 11.4. The molecule has 0 aliphatic heterocycles. The van der Waals surface area contributed by atoms with Gasteiger partial charge in [-0.2, -0.15) is 0 Å². The van der Waals surface area contributed by atoms with E-state index in [0.29, 0.717) is 6.61 Å². The number of benzene rings is 1. The number of hydrogen-bond donors (Lipinski definition) is 0. The lowest BCUT2D eigenvalue weighted by Gasteiger charge is -2.28. The molecular formula is C11H16N2O2. The van der Waals surface area contributed by atoms with Crippen molar-refractivity contribution in [2.75, 3.05) is 25.7 Å². The maximum atomic E-state index is 11.4. The molecule has 0 fully saturated rings. The first-order valence-electron chi connectivity index (χ1n) is 4.86. The van der Waals surface area contributed by atoms with Gasteiger partial charge in [-0.25, -0.2) is 9.80 Å². The van der Waals surface area contributed by atoms with Gasteiger partial charge in [-0.15, -0.1) is 0 Å². The van der Waals surface area contributed by atoms with Gasteiger partial charge >= 0.3 is 6.09 Å². The molecule has 0 bridgehead atoms. The van der Waals surface area contributed by atoms with Crippen LogP contribution in [0.2, 0.25) is 0 Å². The third kappa shape index (κ3) is 2.87. The molecule has 4 nitrogen and oxygen atoms in total. The molecule has 0 aliphatic carbocycles. The molecule has 82 valence electrons. The van der Waals surface area contributed by atoms with Gasteiger partial charge in [0, 0.05) is 14.1 Å². The van der Waals surface area contributed by atoms with Gasteiger partial charge in [0.05, 0.1) is 12.3 Å². The van der Waals surface area contributed by atoms with Crippen LogP contribution in [-0.2, 0) is 4.74 Å². The predicted molar refractivity (Wildman–Crippen MR) is 59.6 cm³/mol. The number of amides is 1. The summed E-state index contributed by atoms with van der Waals surface area (Å²) < 4.78 is 4.89. The second kappa shape index (κ2) is 5.24. The molecule has 1 rings (SSSR count). The Morgan fingerprint density at radius 2 is 1.87 bits per heavy atom. The third-order valence-corrected chi connectivity index (χ3v) is 2.11. The van der Waals surface area contributed by atoms with E-state index < -0.39 is 0 Å². The molecule has 0 heterocycles. The van der Waals surface area contributed by atoms with Crippen molar-refractivity contribution in [1.29, 1.82) is 0 Å². The number of carbonyl (C=O) groups is 1. The first-order chi connectivity index (χ1) is 7.16. The number of hydrogen-bond acceptors (Lipinski definition) is 3. The zero-order valence-electron chi connectivity index (χ0n) is 9.30. The fourth-order valence-corrected chi connectivity index (χ4v) is 1.16. The van der Waals surface area contributed by atoms with E-state index in [-0.39, 0.29) is 6.09 Å². The van der Waals surface area contributed by atoms with E-state index in [2.05, 4.69) is 0 Å². The van der Waals surface area contributed by atoms with Crippen molar-refractivity contribution >= 4 is 11.8 Å². The van der Waals surface area contributed by atoms with Gasteiger partial charge in [0.2, 0.25) is 0 Å². The van der Waals surface area contributed by atoms with Gasteiger partial charge < -0.3 is 4.74 Å². The fraction of sp³-hybridized carbons (Fsp3) is 0.364. The second-order valence-electron chi connectivity index (χ2n) is 3.08. The molecule has 0 saturated carbocycles. The lowest BCUT2D eigenvalue weighted by atomic mass is 10.3. The predicted octanol–water partition coefficient (Wildman–Crippen LogP) is 2.13. The third-order valence-electron chi connectivity index (χ3n) is 2.11. The van der Waals surface area contributed by atoms with Gasteiger partial charge in [0.1, 0.15) is 0 Å². The van der Waals surface area contributed by atoms with Crippen LogP contribution in [0.3, 0.4) is 0 Å². The summed E-state index contributed by atoms with van der Waals surface area (Å²) in [5.74, 6) is 0. The topological polar surface area (TPSA) is 32.8 Å². The number of anilines is 1. The van der Waals surface area contributed by atoms with E-state index in [1.165, 1.54) is 5.01 Å². The Hall–Kier alpha value is -1.71. The fourth-order valence-electron chi connectivity index (χ4n) is 1.16. The lowest BCUT2D eigenvalue weighted by molar-refractivity contribution is 0.114. The smallest absolute Gasteiger partial charge is 0.428 e. The van der Waals surface area contributed by atoms with E-state index in [1.54, 1.807) is 19.0 Å². The molecule has 0 aromatic heterocycles. The van der Waals surface area contributed by atoms with Crippen molar-refractivity contribution in [3.63, 3.8) is 0 Å². The summed E-state index contributed by atoms with van der Waals surface area (Å²) in [5, 5.41) is 3.16. The minimum Gasteiger partial charge on any atom is -0.448 e. The number of ether oxygens (including phenoxy) is 1. The summed E-state index contributed by atoms with van der Waals surface area (Å²) >= 11 is 0. The highest BCUT2D eigenvalue weighted by Gasteiger charge is 2.14.